The number of aliphatic hydroxyl groups excluding tert-OH is 1. The molecule has 10 N–H and O–H groups in total. The van der Waals surface area contributed by atoms with Gasteiger partial charge in [0.15, 0.2) is 0 Å². The maximum Gasteiger partial charge on any atom is 0.320 e. The molecule has 0 spiro atoms. The SMILES string of the molecule is CCCC(C(=O)NCCCCC(C(=O)O)N(CC(=O)O)CC(=O)O)C(CCC(C(=O)NCCO)C(CCC(C(=O)O)C(C)C(=O)NS)C(=O)O)C(=O)O. The van der Waals surface area contributed by atoms with Gasteiger partial charge in [0.05, 0.1) is 49.3 Å². The third-order valence-corrected chi connectivity index (χ3v) is 9.14. The first-order valence-corrected chi connectivity index (χ1v) is 17.5. The highest BCUT2D eigenvalue weighted by Gasteiger charge is 2.40. The van der Waals surface area contributed by atoms with Crippen LogP contribution >= 0.6 is 12.8 Å². The van der Waals surface area contributed by atoms with Crippen LogP contribution in [0.5, 0.6) is 0 Å². The molecule has 0 aliphatic heterocycles. The molecular formula is C32H52N4O16S. The van der Waals surface area contributed by atoms with E-state index in [-0.39, 0.29) is 58.0 Å². The molecule has 20 nitrogen and oxygen atoms in total. The van der Waals surface area contributed by atoms with Crippen molar-refractivity contribution < 1.29 is 78.9 Å². The van der Waals surface area contributed by atoms with Crippen LogP contribution in [0.4, 0.5) is 0 Å². The summed E-state index contributed by atoms with van der Waals surface area (Å²) < 4.78 is 2.03. The van der Waals surface area contributed by atoms with Crippen LogP contribution in [-0.2, 0) is 43.2 Å². The van der Waals surface area contributed by atoms with Gasteiger partial charge in [0.1, 0.15) is 6.04 Å². The predicted molar refractivity (Wildman–Crippen MR) is 185 cm³/mol. The van der Waals surface area contributed by atoms with Crippen molar-refractivity contribution in [3.05, 3.63) is 0 Å². The lowest BCUT2D eigenvalue weighted by Crippen LogP contribution is -2.46. The Balaban J connectivity index is 5.95. The summed E-state index contributed by atoms with van der Waals surface area (Å²) in [5, 5.41) is 71.8. The van der Waals surface area contributed by atoms with E-state index < -0.39 is 121 Å². The minimum atomic E-state index is -1.54. The summed E-state index contributed by atoms with van der Waals surface area (Å²) in [5.74, 6) is -18.8. The Morgan fingerprint density at radius 2 is 1.00 bits per heavy atom. The number of hydrogen-bond donors (Lipinski definition) is 11. The zero-order valence-corrected chi connectivity index (χ0v) is 30.5. The van der Waals surface area contributed by atoms with E-state index in [0.717, 1.165) is 4.90 Å². The standard InChI is InChI=1S/C32H52N4O16S/c1-3-6-19(27(43)33-12-5-4-7-23(32(51)52)36(15-24(38)39)16-25(40)41)21(30(47)48)11-9-20(28(44)34-13-14-37)22(31(49)50)10-8-18(29(45)46)17(2)26(42)35-53/h17-23,37,53H,3-16H2,1-2H3,(H,33,43)(H,34,44)(H,35,42)(H,38,39)(H,40,41)(H,45,46)(H,47,48)(H,49,50)(H,51,52). The number of carboxylic acids is 6. The molecule has 21 heteroatoms. The summed E-state index contributed by atoms with van der Waals surface area (Å²) in [6.07, 6.45) is -0.864. The van der Waals surface area contributed by atoms with Gasteiger partial charge in [0, 0.05) is 19.0 Å². The topological polar surface area (TPSA) is 335 Å². The Kier molecular flexibility index (Phi) is 23.3. The average molecular weight is 781 g/mol. The van der Waals surface area contributed by atoms with Crippen molar-refractivity contribution >= 4 is 66.4 Å². The van der Waals surface area contributed by atoms with E-state index in [0.29, 0.717) is 6.42 Å². The lowest BCUT2D eigenvalue weighted by atomic mass is 9.77. The van der Waals surface area contributed by atoms with E-state index in [1.54, 1.807) is 6.92 Å². The van der Waals surface area contributed by atoms with Gasteiger partial charge in [-0.1, -0.05) is 33.1 Å². The second-order valence-corrected chi connectivity index (χ2v) is 12.8. The number of rotatable bonds is 30. The van der Waals surface area contributed by atoms with Crippen molar-refractivity contribution in [2.75, 3.05) is 32.8 Å². The molecule has 302 valence electrons. The van der Waals surface area contributed by atoms with Crippen LogP contribution in [0.15, 0.2) is 0 Å². The van der Waals surface area contributed by atoms with Crippen molar-refractivity contribution in [3.8, 4) is 0 Å². The molecule has 0 bridgehead atoms. The number of carbonyl (C=O) groups is 9. The van der Waals surface area contributed by atoms with Crippen LogP contribution in [0.1, 0.15) is 71.6 Å². The van der Waals surface area contributed by atoms with Crippen LogP contribution in [0.3, 0.4) is 0 Å². The number of aliphatic carboxylic acids is 6. The van der Waals surface area contributed by atoms with Crippen LogP contribution in [0.2, 0.25) is 0 Å². The highest BCUT2D eigenvalue weighted by atomic mass is 32.1. The molecule has 0 rings (SSSR count). The second kappa shape index (κ2) is 25.5. The maximum absolute atomic E-state index is 13.3. The molecule has 0 aromatic rings. The minimum absolute atomic E-state index is 0.0444. The first kappa shape index (κ1) is 48.5. The van der Waals surface area contributed by atoms with Gasteiger partial charge in [-0.3, -0.25) is 48.1 Å². The molecule has 7 unspecified atom stereocenters. The van der Waals surface area contributed by atoms with E-state index in [1.165, 1.54) is 6.92 Å². The number of thiol groups is 1. The van der Waals surface area contributed by atoms with E-state index in [4.69, 9.17) is 10.2 Å². The highest BCUT2D eigenvalue weighted by Crippen LogP contribution is 2.32. The van der Waals surface area contributed by atoms with E-state index in [1.807, 2.05) is 4.72 Å². The number of unbranched alkanes of at least 4 members (excludes halogenated alkanes) is 1. The summed E-state index contributed by atoms with van der Waals surface area (Å²) >= 11 is 3.64. The Labute approximate surface area is 311 Å². The molecule has 0 aliphatic rings. The fraction of sp³-hybridized carbons (Fsp3) is 0.719. The van der Waals surface area contributed by atoms with Crippen molar-refractivity contribution in [1.82, 2.24) is 20.3 Å². The van der Waals surface area contributed by atoms with Crippen molar-refractivity contribution in [1.29, 1.82) is 0 Å². The van der Waals surface area contributed by atoms with E-state index >= 15 is 0 Å². The van der Waals surface area contributed by atoms with Gasteiger partial charge in [0.25, 0.3) is 0 Å². The second-order valence-electron chi connectivity index (χ2n) is 12.6. The first-order chi connectivity index (χ1) is 24.8. The molecule has 0 saturated carbocycles. The lowest BCUT2D eigenvalue weighted by molar-refractivity contribution is -0.151. The van der Waals surface area contributed by atoms with Crippen molar-refractivity contribution in [2.24, 2.45) is 35.5 Å². The average Bonchev–Trinajstić information content (AvgIpc) is 3.06. The molecular weight excluding hydrogens is 728 g/mol. The monoisotopic (exact) mass is 780 g/mol. The summed E-state index contributed by atoms with van der Waals surface area (Å²) in [6.45, 7) is 0.554. The van der Waals surface area contributed by atoms with Crippen molar-refractivity contribution in [3.63, 3.8) is 0 Å². The Morgan fingerprint density at radius 1 is 0.566 bits per heavy atom. The third kappa shape index (κ3) is 17.7. The van der Waals surface area contributed by atoms with Crippen LogP contribution < -0.4 is 15.4 Å². The fourth-order valence-corrected chi connectivity index (χ4v) is 6.33. The van der Waals surface area contributed by atoms with Crippen molar-refractivity contribution in [2.45, 2.75) is 77.7 Å². The summed E-state index contributed by atoms with van der Waals surface area (Å²) in [6, 6.07) is -1.44. The Morgan fingerprint density at radius 3 is 1.40 bits per heavy atom. The number of nitrogens with zero attached hydrogens (tertiary/aromatic N) is 1. The van der Waals surface area contributed by atoms with Gasteiger partial charge < -0.3 is 51.1 Å². The van der Waals surface area contributed by atoms with Gasteiger partial charge in [-0.15, -0.1) is 0 Å². The molecule has 3 amide bonds. The van der Waals surface area contributed by atoms with E-state index in [2.05, 4.69) is 23.4 Å². The quantitative estimate of drug-likeness (QED) is 0.0326. The first-order valence-electron chi connectivity index (χ1n) is 17.0. The zero-order valence-electron chi connectivity index (χ0n) is 29.6. The smallest absolute Gasteiger partial charge is 0.320 e. The lowest BCUT2D eigenvalue weighted by Gasteiger charge is -2.28. The molecule has 0 fully saturated rings. The molecule has 0 radical (unpaired) electrons. The molecule has 0 aromatic carbocycles. The number of carboxylic acid groups (broad SMARTS) is 6. The van der Waals surface area contributed by atoms with Gasteiger partial charge in [-0.25, -0.2) is 0 Å². The Hall–Kier alpha value is -4.50. The van der Waals surface area contributed by atoms with Gasteiger partial charge in [-0.2, -0.15) is 0 Å². The minimum Gasteiger partial charge on any atom is -0.481 e. The molecule has 0 aromatic heterocycles. The number of carbonyl (C=O) groups excluding carboxylic acids is 3. The number of aliphatic hydroxyl groups is 1. The predicted octanol–water partition coefficient (Wildman–Crippen LogP) is -0.402. The molecule has 0 saturated heterocycles. The Bertz CT molecular complexity index is 1270. The highest BCUT2D eigenvalue weighted by molar-refractivity contribution is 7.78. The van der Waals surface area contributed by atoms with Crippen LogP contribution in [-0.4, -0.2) is 133 Å². The number of hydrogen-bond acceptors (Lipinski definition) is 12. The van der Waals surface area contributed by atoms with Crippen LogP contribution in [0, 0.1) is 35.5 Å². The van der Waals surface area contributed by atoms with Crippen LogP contribution in [0.25, 0.3) is 0 Å². The van der Waals surface area contributed by atoms with E-state index in [9.17, 15) is 68.7 Å². The largest absolute Gasteiger partial charge is 0.481 e. The summed E-state index contributed by atoms with van der Waals surface area (Å²) in [7, 11) is 0. The fourth-order valence-electron chi connectivity index (χ4n) is 6.13. The number of amides is 3. The van der Waals surface area contributed by atoms with Gasteiger partial charge in [-0.05, 0) is 51.4 Å². The maximum atomic E-state index is 13.3. The summed E-state index contributed by atoms with van der Waals surface area (Å²) in [4.78, 5) is 110. The molecule has 53 heavy (non-hydrogen) atoms. The van der Waals surface area contributed by atoms with Gasteiger partial charge >= 0.3 is 35.8 Å². The normalized spacial score (nSPS) is 15.1. The zero-order chi connectivity index (χ0) is 40.8. The molecule has 7 atom stereocenters. The third-order valence-electron chi connectivity index (χ3n) is 8.92. The molecule has 0 aliphatic carbocycles. The summed E-state index contributed by atoms with van der Waals surface area (Å²) in [5.41, 5.74) is 0. The molecule has 0 heterocycles. The van der Waals surface area contributed by atoms with Gasteiger partial charge in [0.2, 0.25) is 17.7 Å². The number of nitrogens with one attached hydrogen (secondary N) is 3.